The van der Waals surface area contributed by atoms with Gasteiger partial charge in [0.25, 0.3) is 0 Å². The van der Waals surface area contributed by atoms with Crippen LogP contribution in [0.2, 0.25) is 0 Å². The smallest absolute Gasteiger partial charge is 0.0984 e. The van der Waals surface area contributed by atoms with Crippen molar-refractivity contribution in [2.45, 2.75) is 0 Å². The minimum absolute atomic E-state index is 0.447. The highest BCUT2D eigenvalue weighted by Crippen LogP contribution is 2.19. The van der Waals surface area contributed by atoms with Gasteiger partial charge >= 0.3 is 0 Å². The van der Waals surface area contributed by atoms with Gasteiger partial charge < -0.3 is 0 Å². The summed E-state index contributed by atoms with van der Waals surface area (Å²) in [6.45, 7) is 7.29. The summed E-state index contributed by atoms with van der Waals surface area (Å²) in [5, 5.41) is 0.447. The second-order valence-electron chi connectivity index (χ2n) is 2.42. The van der Waals surface area contributed by atoms with Crippen molar-refractivity contribution in [3.63, 3.8) is 0 Å². The largest absolute Gasteiger partial charge is 0.114 e. The molecular formula is C10H8BCl. The number of hydrogen-bond donors (Lipinski definition) is 0. The van der Waals surface area contributed by atoms with Gasteiger partial charge in [0.15, 0.2) is 0 Å². The molecule has 1 rings (SSSR count). The molecule has 0 nitrogen and oxygen atoms in total. The van der Waals surface area contributed by atoms with E-state index in [9.17, 15) is 0 Å². The maximum Gasteiger partial charge on any atom is 0.114 e. The van der Waals surface area contributed by atoms with Crippen LogP contribution in [0.5, 0.6) is 0 Å². The Hall–Kier alpha value is -0.945. The van der Waals surface area contributed by atoms with Crippen LogP contribution in [0.1, 0.15) is 11.1 Å². The number of hydrogen-bond acceptors (Lipinski definition) is 0. The number of rotatable bonds is 2. The van der Waals surface area contributed by atoms with Gasteiger partial charge in [-0.2, -0.15) is 0 Å². The van der Waals surface area contributed by atoms with E-state index >= 15 is 0 Å². The average Bonchev–Trinajstić information content (AvgIpc) is 2.03. The van der Waals surface area contributed by atoms with Crippen LogP contribution < -0.4 is 5.46 Å². The molecule has 0 heterocycles. The molecule has 0 unspecified atom stereocenters. The van der Waals surface area contributed by atoms with Gasteiger partial charge in [-0.05, 0) is 11.1 Å². The molecule has 0 fully saturated rings. The monoisotopic (exact) mass is 174 g/mol. The Labute approximate surface area is 79.0 Å². The molecule has 1 aromatic carbocycles. The third kappa shape index (κ3) is 1.62. The SMILES string of the molecule is [B]c1cccc(C=C)c1C(=C)Cl. The lowest BCUT2D eigenvalue weighted by Crippen LogP contribution is -2.09. The van der Waals surface area contributed by atoms with Crippen LogP contribution >= 0.6 is 11.6 Å². The van der Waals surface area contributed by atoms with Gasteiger partial charge in [-0.15, -0.1) is 0 Å². The van der Waals surface area contributed by atoms with E-state index in [2.05, 4.69) is 13.2 Å². The highest BCUT2D eigenvalue weighted by atomic mass is 35.5. The van der Waals surface area contributed by atoms with Gasteiger partial charge in [0.2, 0.25) is 0 Å². The predicted molar refractivity (Wildman–Crippen MR) is 56.8 cm³/mol. The highest BCUT2D eigenvalue weighted by molar-refractivity contribution is 6.51. The molecule has 58 valence electrons. The summed E-state index contributed by atoms with van der Waals surface area (Å²) in [5.41, 5.74) is 2.32. The molecule has 0 aromatic heterocycles. The second-order valence-corrected chi connectivity index (χ2v) is 2.88. The van der Waals surface area contributed by atoms with Crippen LogP contribution in [-0.4, -0.2) is 7.85 Å². The first-order valence-corrected chi connectivity index (χ1v) is 3.90. The van der Waals surface area contributed by atoms with Crippen LogP contribution in [0, 0.1) is 0 Å². The first kappa shape index (κ1) is 9.15. The molecule has 0 atom stereocenters. The summed E-state index contributed by atoms with van der Waals surface area (Å²) in [4.78, 5) is 0. The van der Waals surface area contributed by atoms with Crippen molar-refractivity contribution in [2.24, 2.45) is 0 Å². The summed E-state index contributed by atoms with van der Waals surface area (Å²) >= 11 is 5.77. The lowest BCUT2D eigenvalue weighted by molar-refractivity contribution is 1.66. The Morgan fingerprint density at radius 1 is 1.50 bits per heavy atom. The molecule has 1 aromatic rings. The van der Waals surface area contributed by atoms with E-state index in [4.69, 9.17) is 19.4 Å². The molecule has 12 heavy (non-hydrogen) atoms. The topological polar surface area (TPSA) is 0 Å². The lowest BCUT2D eigenvalue weighted by atomic mass is 9.87. The third-order valence-electron chi connectivity index (χ3n) is 1.62. The van der Waals surface area contributed by atoms with Crippen molar-refractivity contribution in [3.05, 3.63) is 42.5 Å². The Morgan fingerprint density at radius 2 is 2.17 bits per heavy atom. The zero-order valence-electron chi connectivity index (χ0n) is 6.68. The standard InChI is InChI=1S/C10H8BCl/c1-3-8-5-4-6-9(11)10(8)7(2)12/h3-6H,1-2H2. The Morgan fingerprint density at radius 3 is 2.58 bits per heavy atom. The van der Waals surface area contributed by atoms with Crippen molar-refractivity contribution in [1.29, 1.82) is 0 Å². The van der Waals surface area contributed by atoms with Crippen molar-refractivity contribution < 1.29 is 0 Å². The summed E-state index contributed by atoms with van der Waals surface area (Å²) in [7, 11) is 5.70. The predicted octanol–water partition coefficient (Wildman–Crippen LogP) is 2.33. The number of halogens is 1. The minimum Gasteiger partial charge on any atom is -0.0984 e. The van der Waals surface area contributed by atoms with E-state index in [0.29, 0.717) is 10.5 Å². The fourth-order valence-corrected chi connectivity index (χ4v) is 1.29. The first-order valence-electron chi connectivity index (χ1n) is 3.52. The fraction of sp³-hybridized carbons (Fsp3) is 0. The van der Waals surface area contributed by atoms with E-state index in [-0.39, 0.29) is 0 Å². The Kier molecular flexibility index (Phi) is 2.77. The first-order chi connectivity index (χ1) is 5.66. The highest BCUT2D eigenvalue weighted by Gasteiger charge is 2.03. The van der Waals surface area contributed by atoms with E-state index in [1.54, 1.807) is 12.1 Å². The lowest BCUT2D eigenvalue weighted by Gasteiger charge is -2.07. The van der Waals surface area contributed by atoms with Crippen LogP contribution in [-0.2, 0) is 0 Å². The molecule has 0 saturated carbocycles. The van der Waals surface area contributed by atoms with Crippen LogP contribution in [0.3, 0.4) is 0 Å². The minimum atomic E-state index is 0.447. The van der Waals surface area contributed by atoms with E-state index in [1.165, 1.54) is 0 Å². The molecule has 0 saturated heterocycles. The summed E-state index contributed by atoms with van der Waals surface area (Å²) < 4.78 is 0. The van der Waals surface area contributed by atoms with Gasteiger partial charge in [-0.1, -0.05) is 54.5 Å². The summed E-state index contributed by atoms with van der Waals surface area (Å²) in [5.74, 6) is 0. The van der Waals surface area contributed by atoms with E-state index < -0.39 is 0 Å². The number of benzene rings is 1. The van der Waals surface area contributed by atoms with Crippen LogP contribution in [0.15, 0.2) is 31.4 Å². The zero-order valence-corrected chi connectivity index (χ0v) is 7.43. The van der Waals surface area contributed by atoms with Gasteiger partial charge in [-0.3, -0.25) is 0 Å². The Balaban J connectivity index is 3.39. The second kappa shape index (κ2) is 3.64. The maximum atomic E-state index is 5.77. The third-order valence-corrected chi connectivity index (χ3v) is 1.81. The fourth-order valence-electron chi connectivity index (χ4n) is 1.07. The quantitative estimate of drug-likeness (QED) is 0.604. The van der Waals surface area contributed by atoms with Crippen molar-refractivity contribution in [1.82, 2.24) is 0 Å². The molecule has 0 aliphatic rings. The summed E-state index contributed by atoms with van der Waals surface area (Å²) in [6, 6.07) is 5.54. The van der Waals surface area contributed by atoms with E-state index in [1.807, 2.05) is 12.1 Å². The van der Waals surface area contributed by atoms with Gasteiger partial charge in [0.1, 0.15) is 7.85 Å². The maximum absolute atomic E-state index is 5.77. The van der Waals surface area contributed by atoms with Crippen LogP contribution in [0.25, 0.3) is 11.1 Å². The van der Waals surface area contributed by atoms with E-state index in [0.717, 1.165) is 11.1 Å². The summed E-state index contributed by atoms with van der Waals surface area (Å²) in [6.07, 6.45) is 1.71. The van der Waals surface area contributed by atoms with Crippen molar-refractivity contribution >= 4 is 36.0 Å². The Bertz CT molecular complexity index is 329. The van der Waals surface area contributed by atoms with Gasteiger partial charge in [-0.25, -0.2) is 0 Å². The molecular weight excluding hydrogens is 166 g/mol. The molecule has 0 aliphatic carbocycles. The molecule has 0 amide bonds. The molecule has 2 heteroatoms. The van der Waals surface area contributed by atoms with Crippen molar-refractivity contribution in [3.8, 4) is 0 Å². The molecule has 0 N–H and O–H groups in total. The molecule has 0 bridgehead atoms. The zero-order chi connectivity index (χ0) is 9.14. The molecule has 0 aliphatic heterocycles. The molecule has 0 spiro atoms. The normalized spacial score (nSPS) is 9.42. The van der Waals surface area contributed by atoms with Crippen molar-refractivity contribution in [2.75, 3.05) is 0 Å². The molecule has 2 radical (unpaired) electrons. The average molecular weight is 174 g/mol. The van der Waals surface area contributed by atoms with Gasteiger partial charge in [0, 0.05) is 5.03 Å². The van der Waals surface area contributed by atoms with Gasteiger partial charge in [0.05, 0.1) is 0 Å². The van der Waals surface area contributed by atoms with Crippen LogP contribution in [0.4, 0.5) is 0 Å².